The van der Waals surface area contributed by atoms with Crippen LogP contribution in [0.5, 0.6) is 0 Å². The highest BCUT2D eigenvalue weighted by atomic mass is 19.4. The molecule has 1 atom stereocenters. The summed E-state index contributed by atoms with van der Waals surface area (Å²) in [6, 6.07) is 4.67. The van der Waals surface area contributed by atoms with E-state index >= 15 is 0 Å². The summed E-state index contributed by atoms with van der Waals surface area (Å²) in [7, 11) is 0. The SMILES string of the molecule is O=C(Nc1ccncn1)N1CCCCNc2ccc(N3CCCC(C(F)(F)F)C3)nc21. The fourth-order valence-electron chi connectivity index (χ4n) is 3.87. The van der Waals surface area contributed by atoms with Gasteiger partial charge in [-0.2, -0.15) is 13.2 Å². The third-order valence-corrected chi connectivity index (χ3v) is 5.51. The van der Waals surface area contributed by atoms with Gasteiger partial charge < -0.3 is 10.2 Å². The average Bonchev–Trinajstić information content (AvgIpc) is 2.74. The van der Waals surface area contributed by atoms with Crippen molar-refractivity contribution in [2.75, 3.05) is 46.6 Å². The van der Waals surface area contributed by atoms with Gasteiger partial charge in [-0.25, -0.2) is 19.7 Å². The Labute approximate surface area is 177 Å². The zero-order chi connectivity index (χ0) is 21.8. The number of hydrogen-bond donors (Lipinski definition) is 2. The molecule has 31 heavy (non-hydrogen) atoms. The number of aromatic nitrogens is 3. The lowest BCUT2D eigenvalue weighted by Crippen LogP contribution is -2.42. The molecular weight excluding hydrogens is 411 g/mol. The number of nitrogens with one attached hydrogen (secondary N) is 2. The van der Waals surface area contributed by atoms with Gasteiger partial charge in [0.2, 0.25) is 0 Å². The van der Waals surface area contributed by atoms with Crippen molar-refractivity contribution in [3.8, 4) is 0 Å². The minimum atomic E-state index is -4.23. The number of alkyl halides is 3. The van der Waals surface area contributed by atoms with E-state index in [1.165, 1.54) is 17.4 Å². The maximum absolute atomic E-state index is 13.2. The van der Waals surface area contributed by atoms with Crippen LogP contribution in [0.3, 0.4) is 0 Å². The van der Waals surface area contributed by atoms with Crippen molar-refractivity contribution in [1.82, 2.24) is 15.0 Å². The van der Waals surface area contributed by atoms with E-state index in [1.54, 1.807) is 23.1 Å². The lowest BCUT2D eigenvalue weighted by molar-refractivity contribution is -0.176. The number of halogens is 3. The Morgan fingerprint density at radius 3 is 2.81 bits per heavy atom. The number of rotatable bonds is 2. The predicted molar refractivity (Wildman–Crippen MR) is 111 cm³/mol. The van der Waals surface area contributed by atoms with E-state index < -0.39 is 18.1 Å². The third kappa shape index (κ3) is 4.97. The van der Waals surface area contributed by atoms with Crippen LogP contribution in [0.15, 0.2) is 30.7 Å². The Balaban J connectivity index is 1.61. The first-order valence-corrected chi connectivity index (χ1v) is 10.3. The molecule has 11 heteroatoms. The van der Waals surface area contributed by atoms with E-state index in [1.807, 2.05) is 0 Å². The molecule has 4 heterocycles. The van der Waals surface area contributed by atoms with Gasteiger partial charge in [-0.3, -0.25) is 10.2 Å². The number of carbonyl (C=O) groups is 1. The van der Waals surface area contributed by atoms with E-state index in [2.05, 4.69) is 25.6 Å². The number of carbonyl (C=O) groups excluding carboxylic acids is 1. The highest BCUT2D eigenvalue weighted by Crippen LogP contribution is 2.36. The molecule has 2 amide bonds. The summed E-state index contributed by atoms with van der Waals surface area (Å²) >= 11 is 0. The molecule has 2 aromatic rings. The Morgan fingerprint density at radius 1 is 1.16 bits per heavy atom. The van der Waals surface area contributed by atoms with Crippen LogP contribution in [0, 0.1) is 5.92 Å². The summed E-state index contributed by atoms with van der Waals surface area (Å²) in [5.74, 6) is -0.176. The molecule has 8 nitrogen and oxygen atoms in total. The van der Waals surface area contributed by atoms with Gasteiger partial charge in [0.1, 0.15) is 18.0 Å². The quantitative estimate of drug-likeness (QED) is 0.744. The van der Waals surface area contributed by atoms with Gasteiger partial charge >= 0.3 is 12.2 Å². The van der Waals surface area contributed by atoms with E-state index in [9.17, 15) is 18.0 Å². The first kappa shape index (κ1) is 21.1. The molecule has 0 aliphatic carbocycles. The molecule has 0 spiro atoms. The summed E-state index contributed by atoms with van der Waals surface area (Å²) in [6.45, 7) is 1.54. The fourth-order valence-corrected chi connectivity index (χ4v) is 3.87. The van der Waals surface area contributed by atoms with Crippen LogP contribution in [0.2, 0.25) is 0 Å². The second-order valence-electron chi connectivity index (χ2n) is 7.68. The smallest absolute Gasteiger partial charge is 0.382 e. The number of pyridine rings is 1. The molecule has 2 N–H and O–H groups in total. The summed E-state index contributed by atoms with van der Waals surface area (Å²) in [5, 5.41) is 6.00. The van der Waals surface area contributed by atoms with Crippen molar-refractivity contribution in [3.05, 3.63) is 30.7 Å². The lowest BCUT2D eigenvalue weighted by Gasteiger charge is -2.35. The van der Waals surface area contributed by atoms with E-state index in [-0.39, 0.29) is 13.0 Å². The monoisotopic (exact) mass is 435 g/mol. The maximum Gasteiger partial charge on any atom is 0.393 e. The predicted octanol–water partition coefficient (Wildman–Crippen LogP) is 3.89. The van der Waals surface area contributed by atoms with Gasteiger partial charge in [0.05, 0.1) is 11.6 Å². The highest BCUT2D eigenvalue weighted by molar-refractivity contribution is 6.02. The maximum atomic E-state index is 13.2. The molecule has 0 bridgehead atoms. The van der Waals surface area contributed by atoms with Crippen LogP contribution in [-0.4, -0.2) is 53.3 Å². The van der Waals surface area contributed by atoms with E-state index in [0.717, 1.165) is 19.4 Å². The molecule has 4 rings (SSSR count). The summed E-state index contributed by atoms with van der Waals surface area (Å²) in [6.07, 6.45) is 0.831. The lowest BCUT2D eigenvalue weighted by atomic mass is 9.97. The molecule has 0 aromatic carbocycles. The van der Waals surface area contributed by atoms with Crippen LogP contribution in [0.1, 0.15) is 25.7 Å². The van der Waals surface area contributed by atoms with Gasteiger partial charge in [0.15, 0.2) is 5.82 Å². The first-order chi connectivity index (χ1) is 14.9. The molecule has 0 radical (unpaired) electrons. The Kier molecular flexibility index (Phi) is 6.10. The van der Waals surface area contributed by atoms with Gasteiger partial charge in [-0.05, 0) is 43.9 Å². The van der Waals surface area contributed by atoms with Gasteiger partial charge in [-0.1, -0.05) is 0 Å². The van der Waals surface area contributed by atoms with Gasteiger partial charge in [0, 0.05) is 32.4 Å². The van der Waals surface area contributed by atoms with Crippen molar-refractivity contribution >= 4 is 29.2 Å². The van der Waals surface area contributed by atoms with Crippen LogP contribution >= 0.6 is 0 Å². The van der Waals surface area contributed by atoms with Gasteiger partial charge in [0.25, 0.3) is 0 Å². The summed E-state index contributed by atoms with van der Waals surface area (Å²) < 4.78 is 39.7. The molecule has 2 aliphatic heterocycles. The highest BCUT2D eigenvalue weighted by Gasteiger charge is 2.42. The van der Waals surface area contributed by atoms with Crippen molar-refractivity contribution in [2.45, 2.75) is 31.9 Å². The van der Waals surface area contributed by atoms with Crippen LogP contribution in [-0.2, 0) is 0 Å². The molecule has 0 saturated carbocycles. The number of hydrogen-bond acceptors (Lipinski definition) is 6. The van der Waals surface area contributed by atoms with Crippen molar-refractivity contribution in [2.24, 2.45) is 5.92 Å². The number of amides is 2. The minimum absolute atomic E-state index is 0.125. The number of urea groups is 1. The Hall–Kier alpha value is -3.11. The molecule has 2 aliphatic rings. The Bertz CT molecular complexity index is 909. The average molecular weight is 435 g/mol. The van der Waals surface area contributed by atoms with Crippen LogP contribution < -0.4 is 20.4 Å². The largest absolute Gasteiger partial charge is 0.393 e. The third-order valence-electron chi connectivity index (χ3n) is 5.51. The second kappa shape index (κ2) is 8.94. The number of piperidine rings is 1. The summed E-state index contributed by atoms with van der Waals surface area (Å²) in [4.78, 5) is 28.6. The van der Waals surface area contributed by atoms with Crippen LogP contribution in [0.25, 0.3) is 0 Å². The molecule has 1 unspecified atom stereocenters. The molecule has 2 aromatic heterocycles. The number of nitrogens with zero attached hydrogens (tertiary/aromatic N) is 5. The zero-order valence-corrected chi connectivity index (χ0v) is 16.9. The molecular formula is C20H24F3N7O. The van der Waals surface area contributed by atoms with Crippen molar-refractivity contribution in [1.29, 1.82) is 0 Å². The van der Waals surface area contributed by atoms with Crippen molar-refractivity contribution < 1.29 is 18.0 Å². The Morgan fingerprint density at radius 2 is 2.03 bits per heavy atom. The number of anilines is 4. The standard InChI is InChI=1S/C20H24F3N7O/c21-20(22,23)14-4-3-10-29(12-14)17-6-5-15-18(28-17)30(11-2-1-8-25-15)19(31)27-16-7-9-24-13-26-16/h5-7,9,13-14,25H,1-4,8,10-12H2,(H,24,26,27,31). The summed E-state index contributed by atoms with van der Waals surface area (Å²) in [5.41, 5.74) is 0.672. The first-order valence-electron chi connectivity index (χ1n) is 10.3. The van der Waals surface area contributed by atoms with E-state index in [4.69, 9.17) is 0 Å². The number of fused-ring (bicyclic) bond motifs is 1. The minimum Gasteiger partial charge on any atom is -0.382 e. The zero-order valence-electron chi connectivity index (χ0n) is 16.9. The topological polar surface area (TPSA) is 86.3 Å². The second-order valence-corrected chi connectivity index (χ2v) is 7.68. The molecule has 1 fully saturated rings. The van der Waals surface area contributed by atoms with E-state index in [0.29, 0.717) is 42.7 Å². The molecule has 1 saturated heterocycles. The van der Waals surface area contributed by atoms with Crippen LogP contribution in [0.4, 0.5) is 41.1 Å². The van der Waals surface area contributed by atoms with Crippen molar-refractivity contribution in [3.63, 3.8) is 0 Å². The fraction of sp³-hybridized carbons (Fsp3) is 0.500. The molecule has 166 valence electrons. The van der Waals surface area contributed by atoms with Gasteiger partial charge in [-0.15, -0.1) is 0 Å². The normalized spacial score (nSPS) is 19.6.